The zero-order valence-corrected chi connectivity index (χ0v) is 38.3. The predicted molar refractivity (Wildman–Crippen MR) is 268 cm³/mol. The normalized spacial score (nSPS) is 12.2. The number of Topliss-reactive ketones (excluding diaryl/α,β-unsaturated/α-hetero) is 1. The van der Waals surface area contributed by atoms with E-state index in [1.807, 2.05) is 133 Å². The molecule has 8 aromatic carbocycles. The molecule has 0 N–H and O–H groups in total. The zero-order valence-electron chi connectivity index (χ0n) is 37.5. The Labute approximate surface area is 392 Å². The molecule has 0 saturated carbocycles. The summed E-state index contributed by atoms with van der Waals surface area (Å²) in [5, 5.41) is 0. The number of hydrogen-bond donors (Lipinski definition) is 0. The lowest BCUT2D eigenvalue weighted by molar-refractivity contribution is -0.144. The van der Waals surface area contributed by atoms with Crippen LogP contribution in [0.25, 0.3) is 33.4 Å². The van der Waals surface area contributed by atoms with Gasteiger partial charge >= 0.3 is 5.97 Å². The molecular formula is C58H50N2O6S. The summed E-state index contributed by atoms with van der Waals surface area (Å²) in [4.78, 5) is 28.8. The second-order valence-corrected chi connectivity index (χ2v) is 18.5. The van der Waals surface area contributed by atoms with Crippen molar-refractivity contribution >= 4 is 55.7 Å². The van der Waals surface area contributed by atoms with Crippen molar-refractivity contribution in [2.45, 2.75) is 42.4 Å². The average molecular weight is 903 g/mol. The van der Waals surface area contributed by atoms with E-state index >= 15 is 0 Å². The van der Waals surface area contributed by atoms with Gasteiger partial charge < -0.3 is 24.1 Å². The van der Waals surface area contributed by atoms with Crippen molar-refractivity contribution in [1.29, 1.82) is 0 Å². The van der Waals surface area contributed by atoms with Crippen molar-refractivity contribution in [2.24, 2.45) is 0 Å². The number of carbonyl (C=O) groups excluding carboxylic acids is 2. The van der Waals surface area contributed by atoms with Gasteiger partial charge in [-0.15, -0.1) is 0 Å². The predicted octanol–water partition coefficient (Wildman–Crippen LogP) is 13.4. The molecule has 1 aliphatic heterocycles. The van der Waals surface area contributed by atoms with Crippen molar-refractivity contribution < 1.29 is 27.5 Å². The zero-order chi connectivity index (χ0) is 46.3. The molecule has 9 rings (SSSR count). The van der Waals surface area contributed by atoms with Crippen LogP contribution in [0.1, 0.15) is 30.9 Å². The molecule has 8 nitrogen and oxygen atoms in total. The molecule has 0 radical (unpaired) electrons. The molecule has 9 heteroatoms. The fourth-order valence-electron chi connectivity index (χ4n) is 8.61. The molecule has 334 valence electrons. The maximum Gasteiger partial charge on any atom is 0.306 e. The highest BCUT2D eigenvalue weighted by Crippen LogP contribution is 2.49. The summed E-state index contributed by atoms with van der Waals surface area (Å²) in [6.07, 6.45) is 1.86. The topological polar surface area (TPSA) is 93.2 Å². The minimum Gasteiger partial charge on any atom is -0.463 e. The van der Waals surface area contributed by atoms with Crippen LogP contribution < -0.4 is 9.80 Å². The Kier molecular flexibility index (Phi) is 13.2. The summed E-state index contributed by atoms with van der Waals surface area (Å²) in [6, 6.07) is 64.2. The number of ketones is 1. The molecule has 8 aromatic rings. The van der Waals surface area contributed by atoms with Gasteiger partial charge in [-0.2, -0.15) is 0 Å². The van der Waals surface area contributed by atoms with Crippen molar-refractivity contribution in [3.8, 4) is 33.4 Å². The van der Waals surface area contributed by atoms with Crippen LogP contribution in [0.15, 0.2) is 204 Å². The second kappa shape index (κ2) is 19.9. The maximum absolute atomic E-state index is 15.0. The van der Waals surface area contributed by atoms with E-state index in [-0.39, 0.29) is 34.6 Å². The van der Waals surface area contributed by atoms with Crippen molar-refractivity contribution in [1.82, 2.24) is 0 Å². The number of ether oxygens (including phenoxy) is 2. The van der Waals surface area contributed by atoms with Crippen molar-refractivity contribution in [3.05, 3.63) is 205 Å². The maximum atomic E-state index is 15.0. The Hall–Kier alpha value is -7.59. The van der Waals surface area contributed by atoms with Crippen LogP contribution in [0.3, 0.4) is 0 Å². The van der Waals surface area contributed by atoms with Gasteiger partial charge in [-0.25, -0.2) is 8.42 Å². The quantitative estimate of drug-likeness (QED) is 0.0659. The number of rotatable bonds is 17. The van der Waals surface area contributed by atoms with Gasteiger partial charge in [0.1, 0.15) is 12.4 Å². The lowest BCUT2D eigenvalue weighted by Gasteiger charge is -2.26. The molecule has 0 fully saturated rings. The van der Waals surface area contributed by atoms with Crippen LogP contribution in [0.5, 0.6) is 0 Å². The number of methoxy groups -OCH3 is 1. The van der Waals surface area contributed by atoms with Crippen LogP contribution in [0.2, 0.25) is 0 Å². The summed E-state index contributed by atoms with van der Waals surface area (Å²) in [7, 11) is -2.43. The molecule has 67 heavy (non-hydrogen) atoms. The van der Waals surface area contributed by atoms with Crippen LogP contribution in [0, 0.1) is 0 Å². The minimum absolute atomic E-state index is 0.140. The summed E-state index contributed by atoms with van der Waals surface area (Å²) >= 11 is 0. The summed E-state index contributed by atoms with van der Waals surface area (Å²) < 4.78 is 40.2. The van der Waals surface area contributed by atoms with E-state index in [0.717, 1.165) is 56.1 Å². The third-order valence-corrected chi connectivity index (χ3v) is 13.9. The molecular weight excluding hydrogens is 853 g/mol. The van der Waals surface area contributed by atoms with Gasteiger partial charge in [-0.3, -0.25) is 4.79 Å². The lowest BCUT2D eigenvalue weighted by atomic mass is 10.0. The summed E-state index contributed by atoms with van der Waals surface area (Å²) in [6.45, 7) is 2.17. The first-order chi connectivity index (χ1) is 32.7. The van der Waals surface area contributed by atoms with Gasteiger partial charge in [-0.1, -0.05) is 121 Å². The largest absolute Gasteiger partial charge is 0.463 e. The highest BCUT2D eigenvalue weighted by atomic mass is 32.2. The van der Waals surface area contributed by atoms with E-state index in [2.05, 4.69) is 58.3 Å². The first-order valence-corrected chi connectivity index (χ1v) is 23.9. The van der Waals surface area contributed by atoms with E-state index in [9.17, 15) is 18.0 Å². The number of hydrogen-bond acceptors (Lipinski definition) is 8. The summed E-state index contributed by atoms with van der Waals surface area (Å²) in [5.74, 6) is -0.143. The second-order valence-electron chi connectivity index (χ2n) is 16.6. The molecule has 0 unspecified atom stereocenters. The first kappa shape index (κ1) is 44.6. The van der Waals surface area contributed by atoms with Crippen molar-refractivity contribution in [3.63, 3.8) is 0 Å². The van der Waals surface area contributed by atoms with Crippen LogP contribution in [0.4, 0.5) is 34.1 Å². The number of esters is 1. The molecule has 0 saturated heterocycles. The Morgan fingerprint density at radius 1 is 0.448 bits per heavy atom. The molecule has 1 heterocycles. The number of benzene rings is 8. The summed E-state index contributed by atoms with van der Waals surface area (Å²) in [5.41, 5.74) is 12.3. The van der Waals surface area contributed by atoms with E-state index < -0.39 is 9.84 Å². The van der Waals surface area contributed by atoms with Crippen LogP contribution in [-0.2, 0) is 41.7 Å². The van der Waals surface area contributed by atoms with Crippen LogP contribution >= 0.6 is 0 Å². The Bertz CT molecular complexity index is 3150. The standard InChI is InChI=1S/C58H50N2O6S/c1-41(61)19-20-42-21-26-48(27-22-42)59(50-17-9-15-46(37-50)44-11-5-3-6-12-44)52-30-32-54-55-33-31-53(40-57(55)67(63,64)56(54)39-52)60(51-18-10-16-47(38-51)45-13-7-4-8-14-45)49-28-23-43(24-29-49)25-34-58(62)66-36-35-65-2/h3-18,21-24,26-33,37-40H,19-20,25,34-36H2,1-2H3. The number of sulfone groups is 1. The third-order valence-electron chi connectivity index (χ3n) is 12.1. The fourth-order valence-corrected chi connectivity index (χ4v) is 10.3. The SMILES string of the molecule is COCCOC(=O)CCc1ccc(N(c2cccc(-c3ccccc3)c2)c2ccc3c(c2)S(=O)(=O)c2cc(N(c4ccc(CCC(C)=O)cc4)c4cccc(-c5ccccc5)c4)ccc2-3)cc1. The number of fused-ring (bicyclic) bond motifs is 3. The molecule has 0 atom stereocenters. The van der Waals surface area contributed by atoms with Gasteiger partial charge in [-0.05, 0) is 126 Å². The molecule has 0 spiro atoms. The Balaban J connectivity index is 1.09. The van der Waals surface area contributed by atoms with E-state index in [1.165, 1.54) is 0 Å². The molecule has 0 aliphatic carbocycles. The number of anilines is 6. The van der Waals surface area contributed by atoms with Crippen molar-refractivity contribution in [2.75, 3.05) is 30.1 Å². The monoisotopic (exact) mass is 902 g/mol. The number of nitrogens with zero attached hydrogens (tertiary/aromatic N) is 2. The highest BCUT2D eigenvalue weighted by molar-refractivity contribution is 7.92. The van der Waals surface area contributed by atoms with Gasteiger partial charge in [0.25, 0.3) is 0 Å². The van der Waals surface area contributed by atoms with Gasteiger partial charge in [0.05, 0.1) is 16.4 Å². The molecule has 0 bridgehead atoms. The van der Waals surface area contributed by atoms with Gasteiger partial charge in [0, 0.05) is 65.2 Å². The number of carbonyl (C=O) groups is 2. The van der Waals surface area contributed by atoms with Crippen LogP contribution in [-0.4, -0.2) is 40.5 Å². The van der Waals surface area contributed by atoms with E-state index in [4.69, 9.17) is 9.47 Å². The lowest BCUT2D eigenvalue weighted by Crippen LogP contribution is -2.12. The van der Waals surface area contributed by atoms with Gasteiger partial charge in [0.15, 0.2) is 0 Å². The average Bonchev–Trinajstić information content (AvgIpc) is 3.59. The Morgan fingerprint density at radius 3 is 1.31 bits per heavy atom. The minimum atomic E-state index is -4.00. The van der Waals surface area contributed by atoms with E-state index in [1.54, 1.807) is 26.2 Å². The highest BCUT2D eigenvalue weighted by Gasteiger charge is 2.35. The molecule has 0 amide bonds. The fraction of sp³-hybridized carbons (Fsp3) is 0.138. The first-order valence-electron chi connectivity index (χ1n) is 22.4. The van der Waals surface area contributed by atoms with Gasteiger partial charge in [0.2, 0.25) is 9.84 Å². The Morgan fingerprint density at radius 2 is 0.866 bits per heavy atom. The molecule has 1 aliphatic rings. The smallest absolute Gasteiger partial charge is 0.306 e. The van der Waals surface area contributed by atoms with E-state index in [0.29, 0.717) is 48.4 Å². The third kappa shape index (κ3) is 9.84. The number of aryl methyl sites for hydroxylation is 2. The molecule has 0 aromatic heterocycles.